The lowest BCUT2D eigenvalue weighted by atomic mass is 10.1. The molecular weight excluding hydrogens is 236 g/mol. The molecule has 1 heteroatoms. The van der Waals surface area contributed by atoms with Crippen molar-refractivity contribution in [3.05, 3.63) is 70.6 Å². The van der Waals surface area contributed by atoms with Gasteiger partial charge in [-0.2, -0.15) is 0 Å². The van der Waals surface area contributed by atoms with Gasteiger partial charge in [0.05, 0.1) is 0 Å². The normalized spacial score (nSPS) is 10.1. The molecule has 0 amide bonds. The van der Waals surface area contributed by atoms with Crippen LogP contribution in [0.4, 0.5) is 0 Å². The van der Waals surface area contributed by atoms with Crippen LogP contribution in [-0.2, 0) is 0 Å². The zero-order chi connectivity index (χ0) is 12.4. The molecule has 18 heavy (non-hydrogen) atoms. The SMILES string of the molecule is Cc1sc2ccccc2c1C#Cc1ccccc1. The Morgan fingerprint density at radius 1 is 0.833 bits per heavy atom. The smallest absolute Gasteiger partial charge is 0.0464 e. The Bertz CT molecular complexity index is 739. The van der Waals surface area contributed by atoms with Crippen molar-refractivity contribution in [3.8, 4) is 11.8 Å². The molecule has 0 fully saturated rings. The number of aryl methyl sites for hydroxylation is 1. The van der Waals surface area contributed by atoms with Crippen LogP contribution in [-0.4, -0.2) is 0 Å². The van der Waals surface area contributed by atoms with E-state index in [1.165, 1.54) is 20.5 Å². The number of hydrogen-bond acceptors (Lipinski definition) is 1. The van der Waals surface area contributed by atoms with E-state index in [2.05, 4.69) is 43.0 Å². The summed E-state index contributed by atoms with van der Waals surface area (Å²) in [5.41, 5.74) is 2.23. The van der Waals surface area contributed by atoms with Crippen LogP contribution in [0.2, 0.25) is 0 Å². The highest BCUT2D eigenvalue weighted by atomic mass is 32.1. The van der Waals surface area contributed by atoms with E-state index >= 15 is 0 Å². The molecule has 0 nitrogen and oxygen atoms in total. The zero-order valence-corrected chi connectivity index (χ0v) is 10.9. The van der Waals surface area contributed by atoms with Gasteiger partial charge in [0.2, 0.25) is 0 Å². The maximum atomic E-state index is 3.31. The Morgan fingerprint density at radius 3 is 2.39 bits per heavy atom. The summed E-state index contributed by atoms with van der Waals surface area (Å²) in [6.45, 7) is 2.14. The van der Waals surface area contributed by atoms with E-state index in [9.17, 15) is 0 Å². The van der Waals surface area contributed by atoms with E-state index in [1.54, 1.807) is 0 Å². The Kier molecular flexibility index (Phi) is 2.88. The van der Waals surface area contributed by atoms with Gasteiger partial charge in [0, 0.05) is 26.1 Å². The van der Waals surface area contributed by atoms with Crippen LogP contribution < -0.4 is 0 Å². The third kappa shape index (κ3) is 2.03. The number of rotatable bonds is 0. The van der Waals surface area contributed by atoms with Gasteiger partial charge in [-0.25, -0.2) is 0 Å². The van der Waals surface area contributed by atoms with E-state index in [0.717, 1.165) is 5.56 Å². The maximum absolute atomic E-state index is 3.31. The summed E-state index contributed by atoms with van der Waals surface area (Å²) in [7, 11) is 0. The molecule has 0 saturated heterocycles. The average Bonchev–Trinajstić information content (AvgIpc) is 2.73. The van der Waals surface area contributed by atoms with Gasteiger partial charge in [0.1, 0.15) is 0 Å². The van der Waals surface area contributed by atoms with E-state index in [1.807, 2.05) is 41.7 Å². The fraction of sp³-hybridized carbons (Fsp3) is 0.0588. The predicted molar refractivity (Wildman–Crippen MR) is 79.0 cm³/mol. The predicted octanol–water partition coefficient (Wildman–Crippen LogP) is 4.61. The fourth-order valence-corrected chi connectivity index (χ4v) is 3.00. The molecular formula is C17H12S. The summed E-state index contributed by atoms with van der Waals surface area (Å²) in [4.78, 5) is 1.29. The van der Waals surface area contributed by atoms with Crippen molar-refractivity contribution in [1.29, 1.82) is 0 Å². The molecule has 0 atom stereocenters. The van der Waals surface area contributed by atoms with Crippen molar-refractivity contribution < 1.29 is 0 Å². The molecule has 3 aromatic rings. The van der Waals surface area contributed by atoms with E-state index < -0.39 is 0 Å². The highest BCUT2D eigenvalue weighted by Gasteiger charge is 2.05. The van der Waals surface area contributed by atoms with E-state index in [0.29, 0.717) is 0 Å². The maximum Gasteiger partial charge on any atom is 0.0464 e. The first kappa shape index (κ1) is 11.1. The third-order valence-electron chi connectivity index (χ3n) is 2.88. The summed E-state index contributed by atoms with van der Waals surface area (Å²) in [6, 6.07) is 18.6. The zero-order valence-electron chi connectivity index (χ0n) is 10.1. The molecule has 1 heterocycles. The summed E-state index contributed by atoms with van der Waals surface area (Å²) in [5, 5.41) is 1.27. The molecule has 0 bridgehead atoms. The Balaban J connectivity index is 2.11. The van der Waals surface area contributed by atoms with Gasteiger partial charge < -0.3 is 0 Å². The first-order chi connectivity index (χ1) is 8.84. The van der Waals surface area contributed by atoms with Crippen molar-refractivity contribution >= 4 is 21.4 Å². The van der Waals surface area contributed by atoms with Crippen molar-refractivity contribution in [1.82, 2.24) is 0 Å². The Morgan fingerprint density at radius 2 is 1.56 bits per heavy atom. The second-order valence-corrected chi connectivity index (χ2v) is 5.40. The summed E-state index contributed by atoms with van der Waals surface area (Å²) in [6.07, 6.45) is 0. The minimum atomic E-state index is 1.06. The van der Waals surface area contributed by atoms with E-state index in [-0.39, 0.29) is 0 Å². The Labute approximate surface area is 111 Å². The summed E-state index contributed by atoms with van der Waals surface area (Å²) in [5.74, 6) is 6.55. The number of thiophene rings is 1. The van der Waals surface area contributed by atoms with Crippen LogP contribution in [0, 0.1) is 18.8 Å². The highest BCUT2D eigenvalue weighted by Crippen LogP contribution is 2.29. The monoisotopic (exact) mass is 248 g/mol. The molecule has 2 aromatic carbocycles. The molecule has 0 aliphatic carbocycles. The Hall–Kier alpha value is -2.04. The number of benzene rings is 2. The molecule has 86 valence electrons. The van der Waals surface area contributed by atoms with Crippen LogP contribution in [0.25, 0.3) is 10.1 Å². The first-order valence-electron chi connectivity index (χ1n) is 5.90. The van der Waals surface area contributed by atoms with Gasteiger partial charge in [-0.05, 0) is 25.1 Å². The van der Waals surface area contributed by atoms with Gasteiger partial charge in [-0.3, -0.25) is 0 Å². The molecule has 0 radical (unpaired) electrons. The second kappa shape index (κ2) is 4.68. The molecule has 1 aromatic heterocycles. The van der Waals surface area contributed by atoms with Gasteiger partial charge in [-0.15, -0.1) is 11.3 Å². The van der Waals surface area contributed by atoms with Crippen molar-refractivity contribution in [2.45, 2.75) is 6.92 Å². The largest absolute Gasteiger partial charge is 0.139 e. The van der Waals surface area contributed by atoms with Crippen LogP contribution >= 0.6 is 11.3 Å². The lowest BCUT2D eigenvalue weighted by molar-refractivity contribution is 1.60. The van der Waals surface area contributed by atoms with E-state index in [4.69, 9.17) is 0 Å². The van der Waals surface area contributed by atoms with Crippen LogP contribution in [0.1, 0.15) is 16.0 Å². The highest BCUT2D eigenvalue weighted by molar-refractivity contribution is 7.19. The molecule has 0 spiro atoms. The van der Waals surface area contributed by atoms with Crippen molar-refractivity contribution in [2.24, 2.45) is 0 Å². The quantitative estimate of drug-likeness (QED) is 0.510. The molecule has 0 aliphatic heterocycles. The molecule has 3 rings (SSSR count). The third-order valence-corrected chi connectivity index (χ3v) is 3.96. The number of fused-ring (bicyclic) bond motifs is 1. The fourth-order valence-electron chi connectivity index (χ4n) is 1.98. The van der Waals surface area contributed by atoms with Crippen molar-refractivity contribution in [3.63, 3.8) is 0 Å². The molecule has 0 saturated carbocycles. The van der Waals surface area contributed by atoms with Crippen LogP contribution in [0.5, 0.6) is 0 Å². The lowest BCUT2D eigenvalue weighted by Crippen LogP contribution is -1.76. The first-order valence-corrected chi connectivity index (χ1v) is 6.71. The van der Waals surface area contributed by atoms with Gasteiger partial charge in [0.15, 0.2) is 0 Å². The average molecular weight is 248 g/mol. The lowest BCUT2D eigenvalue weighted by Gasteiger charge is -1.91. The minimum absolute atomic E-state index is 1.06. The molecule has 0 unspecified atom stereocenters. The van der Waals surface area contributed by atoms with Crippen LogP contribution in [0.3, 0.4) is 0 Å². The van der Waals surface area contributed by atoms with Gasteiger partial charge in [0.25, 0.3) is 0 Å². The number of hydrogen-bond donors (Lipinski definition) is 0. The molecule has 0 aliphatic rings. The minimum Gasteiger partial charge on any atom is -0.139 e. The standard InChI is InChI=1S/C17H12S/c1-13-15(12-11-14-7-3-2-4-8-14)16-9-5-6-10-17(16)18-13/h2-10H,1H3. The van der Waals surface area contributed by atoms with Crippen LogP contribution in [0.15, 0.2) is 54.6 Å². The van der Waals surface area contributed by atoms with Gasteiger partial charge in [-0.1, -0.05) is 48.2 Å². The molecule has 0 N–H and O–H groups in total. The van der Waals surface area contributed by atoms with Crippen molar-refractivity contribution in [2.75, 3.05) is 0 Å². The summed E-state index contributed by atoms with van der Waals surface area (Å²) >= 11 is 1.81. The van der Waals surface area contributed by atoms with Gasteiger partial charge >= 0.3 is 0 Å². The topological polar surface area (TPSA) is 0 Å². The second-order valence-electron chi connectivity index (χ2n) is 4.15. The summed E-state index contributed by atoms with van der Waals surface area (Å²) < 4.78 is 1.31.